The number of aromatic nitrogens is 3. The Kier molecular flexibility index (Phi) is 4.41. The lowest BCUT2D eigenvalue weighted by Gasteiger charge is -2.25. The van der Waals surface area contributed by atoms with E-state index in [-0.39, 0.29) is 5.95 Å². The average molecular weight is 335 g/mol. The summed E-state index contributed by atoms with van der Waals surface area (Å²) in [7, 11) is 0. The normalized spacial score (nSPS) is 33.3. The van der Waals surface area contributed by atoms with E-state index in [0.29, 0.717) is 0 Å². The molecule has 1 aliphatic rings. The summed E-state index contributed by atoms with van der Waals surface area (Å²) in [4.78, 5) is 17.2. The molecular weight excluding hydrogens is 323 g/mol. The Bertz CT molecular complexity index is 656. The van der Waals surface area contributed by atoms with E-state index in [2.05, 4.69) is 21.3 Å². The number of alkyl halides is 1. The molecule has 21 heavy (non-hydrogen) atoms. The van der Waals surface area contributed by atoms with E-state index in [4.69, 9.17) is 33.7 Å². The van der Waals surface area contributed by atoms with Gasteiger partial charge in [-0.25, -0.2) is 9.78 Å². The molecule has 0 radical (unpaired) electrons. The van der Waals surface area contributed by atoms with Crippen LogP contribution in [0.2, 0.25) is 0 Å². The SMILES string of the molecule is C[C@@H](O)[C@H]1O[C@@H](n2cnc(N)nc2=O)C(Cl)(C#CCl)[C@H]1O. The lowest BCUT2D eigenvalue weighted by atomic mass is 9.97. The molecule has 0 saturated carbocycles. The number of anilines is 1. The number of halogens is 2. The minimum Gasteiger partial charge on any atom is -0.391 e. The van der Waals surface area contributed by atoms with Gasteiger partial charge in [0.05, 0.1) is 6.10 Å². The Morgan fingerprint density at radius 1 is 1.67 bits per heavy atom. The molecule has 114 valence electrons. The van der Waals surface area contributed by atoms with Crippen molar-refractivity contribution >= 4 is 29.2 Å². The zero-order chi connectivity index (χ0) is 15.8. The number of hydrogen-bond acceptors (Lipinski definition) is 7. The second-order valence-electron chi connectivity index (χ2n) is 4.53. The van der Waals surface area contributed by atoms with Crippen LogP contribution in [0.25, 0.3) is 0 Å². The monoisotopic (exact) mass is 334 g/mol. The minimum atomic E-state index is -1.74. The summed E-state index contributed by atoms with van der Waals surface area (Å²) in [6.07, 6.45) is -3.67. The Morgan fingerprint density at radius 2 is 2.33 bits per heavy atom. The molecule has 0 amide bonds. The minimum absolute atomic E-state index is 0.217. The first kappa shape index (κ1) is 16.0. The fraction of sp³-hybridized carbons (Fsp3) is 0.545. The van der Waals surface area contributed by atoms with E-state index in [1.165, 1.54) is 6.92 Å². The molecule has 4 N–H and O–H groups in total. The molecule has 5 atom stereocenters. The van der Waals surface area contributed by atoms with E-state index < -0.39 is 35.1 Å². The molecule has 2 rings (SSSR count). The van der Waals surface area contributed by atoms with Crippen LogP contribution in [-0.2, 0) is 4.74 Å². The van der Waals surface area contributed by atoms with E-state index in [1.54, 1.807) is 0 Å². The number of hydrogen-bond donors (Lipinski definition) is 3. The molecule has 0 bridgehead atoms. The first-order chi connectivity index (χ1) is 9.81. The predicted octanol–water partition coefficient (Wildman–Crippen LogP) is -0.963. The molecule has 1 aliphatic heterocycles. The van der Waals surface area contributed by atoms with Gasteiger partial charge < -0.3 is 20.7 Å². The second-order valence-corrected chi connectivity index (χ2v) is 5.34. The quantitative estimate of drug-likeness (QED) is 0.470. The molecule has 1 aromatic rings. The highest BCUT2D eigenvalue weighted by atomic mass is 35.5. The summed E-state index contributed by atoms with van der Waals surface area (Å²) >= 11 is 11.6. The summed E-state index contributed by atoms with van der Waals surface area (Å²) in [6.45, 7) is 1.41. The summed E-state index contributed by atoms with van der Waals surface area (Å²) in [6, 6.07) is 0. The maximum absolute atomic E-state index is 11.9. The van der Waals surface area contributed by atoms with Gasteiger partial charge in [0.2, 0.25) is 5.95 Å². The number of rotatable bonds is 2. The third-order valence-electron chi connectivity index (χ3n) is 3.10. The van der Waals surface area contributed by atoms with Crippen LogP contribution in [0.3, 0.4) is 0 Å². The van der Waals surface area contributed by atoms with Gasteiger partial charge in [0.1, 0.15) is 18.5 Å². The molecule has 1 aromatic heterocycles. The highest BCUT2D eigenvalue weighted by Gasteiger charge is 2.57. The fourth-order valence-corrected chi connectivity index (χ4v) is 2.61. The molecule has 1 unspecified atom stereocenters. The highest BCUT2D eigenvalue weighted by Crippen LogP contribution is 2.43. The van der Waals surface area contributed by atoms with Crippen LogP contribution < -0.4 is 11.4 Å². The molecule has 8 nitrogen and oxygen atoms in total. The maximum Gasteiger partial charge on any atom is 0.354 e. The molecular formula is C11H12Cl2N4O4. The van der Waals surface area contributed by atoms with Gasteiger partial charge in [-0.1, -0.05) is 17.5 Å². The van der Waals surface area contributed by atoms with Gasteiger partial charge >= 0.3 is 5.69 Å². The van der Waals surface area contributed by atoms with E-state index >= 15 is 0 Å². The van der Waals surface area contributed by atoms with Gasteiger partial charge in [0.25, 0.3) is 0 Å². The van der Waals surface area contributed by atoms with Crippen LogP contribution in [0.1, 0.15) is 13.2 Å². The Balaban J connectivity index is 2.54. The Hall–Kier alpha value is -1.37. The fourth-order valence-electron chi connectivity index (χ4n) is 2.08. The Morgan fingerprint density at radius 3 is 2.86 bits per heavy atom. The third kappa shape index (κ3) is 2.71. The van der Waals surface area contributed by atoms with Crippen molar-refractivity contribution in [3.63, 3.8) is 0 Å². The summed E-state index contributed by atoms with van der Waals surface area (Å²) in [5.41, 5.74) is 4.52. The summed E-state index contributed by atoms with van der Waals surface area (Å²) in [5.74, 6) is 2.18. The molecule has 0 spiro atoms. The van der Waals surface area contributed by atoms with Gasteiger partial charge in [-0.2, -0.15) is 4.98 Å². The molecule has 1 fully saturated rings. The van der Waals surface area contributed by atoms with Crippen molar-refractivity contribution in [1.82, 2.24) is 14.5 Å². The van der Waals surface area contributed by atoms with Crippen LogP contribution >= 0.6 is 23.2 Å². The van der Waals surface area contributed by atoms with Crippen molar-refractivity contribution in [2.75, 3.05) is 5.73 Å². The number of aliphatic hydroxyl groups is 2. The lowest BCUT2D eigenvalue weighted by molar-refractivity contribution is -0.0775. The molecule has 0 aromatic carbocycles. The Labute approximate surface area is 129 Å². The van der Waals surface area contributed by atoms with E-state index in [9.17, 15) is 15.0 Å². The maximum atomic E-state index is 11.9. The van der Waals surface area contributed by atoms with Crippen LogP contribution in [0.15, 0.2) is 11.1 Å². The van der Waals surface area contributed by atoms with Crippen molar-refractivity contribution in [3.8, 4) is 11.3 Å². The van der Waals surface area contributed by atoms with Gasteiger partial charge in [0, 0.05) is 5.38 Å². The molecule has 2 heterocycles. The number of nitrogen functional groups attached to an aromatic ring is 1. The number of aliphatic hydroxyl groups excluding tert-OH is 2. The first-order valence-electron chi connectivity index (χ1n) is 5.85. The van der Waals surface area contributed by atoms with Crippen molar-refractivity contribution in [2.45, 2.75) is 36.3 Å². The molecule has 0 aliphatic carbocycles. The summed E-state index contributed by atoms with van der Waals surface area (Å²) < 4.78 is 6.39. The van der Waals surface area contributed by atoms with Crippen LogP contribution in [0.4, 0.5) is 5.95 Å². The number of ether oxygens (including phenoxy) is 1. The second kappa shape index (κ2) is 5.79. The standard InChI is InChI=1S/C11H12Cl2N4O4/c1-5(18)6-7(19)11(13,2-3-12)8(21-6)17-4-15-9(14)16-10(17)20/h4-8,18-19H,1H3,(H2,14,16,20)/t5-,6-,7+,8-,11?/m1/s1. The molecule has 1 saturated heterocycles. The number of nitrogens with zero attached hydrogens (tertiary/aromatic N) is 3. The molecule has 10 heteroatoms. The third-order valence-corrected chi connectivity index (χ3v) is 3.70. The van der Waals surface area contributed by atoms with Crippen molar-refractivity contribution in [1.29, 1.82) is 0 Å². The van der Waals surface area contributed by atoms with Gasteiger partial charge in [-0.15, -0.1) is 0 Å². The van der Waals surface area contributed by atoms with Crippen LogP contribution in [0, 0.1) is 11.3 Å². The smallest absolute Gasteiger partial charge is 0.354 e. The largest absolute Gasteiger partial charge is 0.391 e. The topological polar surface area (TPSA) is 123 Å². The summed E-state index contributed by atoms with van der Waals surface area (Å²) in [5, 5.41) is 21.9. The van der Waals surface area contributed by atoms with Gasteiger partial charge in [-0.05, 0) is 18.5 Å². The zero-order valence-corrected chi connectivity index (χ0v) is 12.3. The predicted molar refractivity (Wildman–Crippen MR) is 74.5 cm³/mol. The van der Waals surface area contributed by atoms with Crippen molar-refractivity contribution in [2.24, 2.45) is 0 Å². The van der Waals surface area contributed by atoms with Crippen LogP contribution in [-0.4, -0.2) is 47.9 Å². The van der Waals surface area contributed by atoms with E-state index in [0.717, 1.165) is 10.9 Å². The van der Waals surface area contributed by atoms with Crippen molar-refractivity contribution in [3.05, 3.63) is 16.8 Å². The van der Waals surface area contributed by atoms with Crippen LogP contribution in [0.5, 0.6) is 0 Å². The average Bonchev–Trinajstić information content (AvgIpc) is 2.64. The lowest BCUT2D eigenvalue weighted by Crippen LogP contribution is -2.44. The van der Waals surface area contributed by atoms with E-state index in [1.807, 2.05) is 0 Å². The first-order valence-corrected chi connectivity index (χ1v) is 6.60. The van der Waals surface area contributed by atoms with Gasteiger partial charge in [0.15, 0.2) is 11.1 Å². The number of nitrogens with two attached hydrogens (primary N) is 1. The zero-order valence-electron chi connectivity index (χ0n) is 10.8. The highest BCUT2D eigenvalue weighted by molar-refractivity contribution is 6.32. The van der Waals surface area contributed by atoms with Crippen molar-refractivity contribution < 1.29 is 14.9 Å². The van der Waals surface area contributed by atoms with Gasteiger partial charge in [-0.3, -0.25) is 4.57 Å².